The fraction of sp³-hybridized carbons (Fsp3) is 0.200. The molecule has 0 fully saturated rings. The number of amides is 2. The summed E-state index contributed by atoms with van der Waals surface area (Å²) in [5.41, 5.74) is 5.06. The molecule has 0 aliphatic heterocycles. The maximum atomic E-state index is 13.9. The Bertz CT molecular complexity index is 1020. The van der Waals surface area contributed by atoms with Crippen molar-refractivity contribution >= 4 is 23.4 Å². The zero-order chi connectivity index (χ0) is 20.8. The van der Waals surface area contributed by atoms with Gasteiger partial charge >= 0.3 is 0 Å². The molecule has 150 valence electrons. The average molecular weight is 417 g/mol. The Labute approximate surface area is 171 Å². The molecule has 1 aromatic heterocycles. The van der Waals surface area contributed by atoms with E-state index in [0.717, 1.165) is 19.3 Å². The first kappa shape index (κ1) is 20.5. The van der Waals surface area contributed by atoms with E-state index >= 15 is 0 Å². The van der Waals surface area contributed by atoms with Gasteiger partial charge in [-0.1, -0.05) is 36.2 Å². The van der Waals surface area contributed by atoms with E-state index in [0.29, 0.717) is 17.3 Å². The van der Waals surface area contributed by atoms with Crippen molar-refractivity contribution < 1.29 is 18.5 Å². The van der Waals surface area contributed by atoms with Crippen molar-refractivity contribution in [2.45, 2.75) is 26.2 Å². The first-order chi connectivity index (χ1) is 14.0. The van der Waals surface area contributed by atoms with E-state index in [-0.39, 0.29) is 16.1 Å². The highest BCUT2D eigenvalue weighted by Gasteiger charge is 2.15. The maximum Gasteiger partial charge on any atom is 0.272 e. The lowest BCUT2D eigenvalue weighted by molar-refractivity contribution is 0.0844. The van der Waals surface area contributed by atoms with Gasteiger partial charge < -0.3 is 4.52 Å². The SMILES string of the molecule is CCCCc1noc(-c2ccc(C(=O)NNC(=O)c3cccc(Cl)c3F)cc2)n1. The van der Waals surface area contributed by atoms with Crippen LogP contribution in [0.4, 0.5) is 4.39 Å². The van der Waals surface area contributed by atoms with Crippen molar-refractivity contribution in [3.63, 3.8) is 0 Å². The molecule has 0 saturated carbocycles. The summed E-state index contributed by atoms with van der Waals surface area (Å²) in [7, 11) is 0. The van der Waals surface area contributed by atoms with Gasteiger partial charge in [-0.25, -0.2) is 4.39 Å². The molecule has 0 saturated heterocycles. The molecule has 0 bridgehead atoms. The van der Waals surface area contributed by atoms with Crippen molar-refractivity contribution in [3.05, 3.63) is 70.3 Å². The average Bonchev–Trinajstić information content (AvgIpc) is 3.21. The summed E-state index contributed by atoms with van der Waals surface area (Å²) in [6.07, 6.45) is 2.75. The second kappa shape index (κ2) is 9.29. The lowest BCUT2D eigenvalue weighted by Crippen LogP contribution is -2.41. The number of hydrogen-bond donors (Lipinski definition) is 2. The minimum absolute atomic E-state index is 0.182. The van der Waals surface area contributed by atoms with Crippen molar-refractivity contribution in [3.8, 4) is 11.5 Å². The van der Waals surface area contributed by atoms with E-state index in [1.54, 1.807) is 24.3 Å². The minimum atomic E-state index is -0.858. The van der Waals surface area contributed by atoms with Gasteiger partial charge in [-0.3, -0.25) is 20.4 Å². The molecule has 0 aliphatic rings. The molecule has 3 aromatic rings. The smallest absolute Gasteiger partial charge is 0.272 e. The van der Waals surface area contributed by atoms with E-state index < -0.39 is 17.6 Å². The number of carbonyl (C=O) groups excluding carboxylic acids is 2. The molecule has 2 aromatic carbocycles. The molecule has 2 amide bonds. The Morgan fingerprint density at radius 3 is 2.55 bits per heavy atom. The van der Waals surface area contributed by atoms with Crippen LogP contribution in [0.5, 0.6) is 0 Å². The van der Waals surface area contributed by atoms with Crippen molar-refractivity contribution in [2.75, 3.05) is 0 Å². The highest BCUT2D eigenvalue weighted by atomic mass is 35.5. The topological polar surface area (TPSA) is 97.1 Å². The molecule has 0 atom stereocenters. The van der Waals surface area contributed by atoms with Gasteiger partial charge in [0.2, 0.25) is 0 Å². The monoisotopic (exact) mass is 416 g/mol. The highest BCUT2D eigenvalue weighted by molar-refractivity contribution is 6.31. The lowest BCUT2D eigenvalue weighted by atomic mass is 10.1. The van der Waals surface area contributed by atoms with E-state index in [9.17, 15) is 14.0 Å². The van der Waals surface area contributed by atoms with Crippen LogP contribution in [0.3, 0.4) is 0 Å². The van der Waals surface area contributed by atoms with E-state index in [2.05, 4.69) is 27.9 Å². The van der Waals surface area contributed by atoms with Crippen LogP contribution in [0.25, 0.3) is 11.5 Å². The first-order valence-electron chi connectivity index (χ1n) is 8.97. The van der Waals surface area contributed by atoms with Gasteiger partial charge in [0, 0.05) is 17.5 Å². The Balaban J connectivity index is 1.61. The molecule has 9 heteroatoms. The van der Waals surface area contributed by atoms with Crippen LogP contribution in [0.1, 0.15) is 46.3 Å². The molecule has 29 heavy (non-hydrogen) atoms. The predicted molar refractivity (Wildman–Crippen MR) is 105 cm³/mol. The maximum absolute atomic E-state index is 13.9. The lowest BCUT2D eigenvalue weighted by Gasteiger charge is -2.08. The zero-order valence-electron chi connectivity index (χ0n) is 15.5. The van der Waals surface area contributed by atoms with Gasteiger partial charge in [0.05, 0.1) is 10.6 Å². The molecular formula is C20H18ClFN4O3. The standard InChI is InChI=1S/C20H18ClFN4O3/c1-2-3-7-16-23-20(29-26-16)13-10-8-12(9-11-13)18(27)24-25-19(28)14-5-4-6-15(21)17(14)22/h4-6,8-11H,2-3,7H2,1H3,(H,24,27)(H,25,28). The van der Waals surface area contributed by atoms with Gasteiger partial charge in [0.25, 0.3) is 17.7 Å². The summed E-state index contributed by atoms with van der Waals surface area (Å²) in [5, 5.41) is 3.74. The van der Waals surface area contributed by atoms with Gasteiger partial charge in [-0.15, -0.1) is 0 Å². The molecule has 0 aliphatic carbocycles. The van der Waals surface area contributed by atoms with Crippen LogP contribution < -0.4 is 10.9 Å². The normalized spacial score (nSPS) is 10.6. The fourth-order valence-electron chi connectivity index (χ4n) is 2.50. The third kappa shape index (κ3) is 4.97. The van der Waals surface area contributed by atoms with Crippen LogP contribution in [0.2, 0.25) is 5.02 Å². The summed E-state index contributed by atoms with van der Waals surface area (Å²) in [6.45, 7) is 2.08. The number of unbranched alkanes of at least 4 members (excludes halogenated alkanes) is 1. The summed E-state index contributed by atoms with van der Waals surface area (Å²) in [6, 6.07) is 10.4. The van der Waals surface area contributed by atoms with E-state index in [1.807, 2.05) is 0 Å². The molecule has 7 nitrogen and oxygen atoms in total. The largest absolute Gasteiger partial charge is 0.334 e. The Morgan fingerprint density at radius 1 is 1.10 bits per heavy atom. The summed E-state index contributed by atoms with van der Waals surface area (Å²) < 4.78 is 19.1. The fourth-order valence-corrected chi connectivity index (χ4v) is 2.68. The van der Waals surface area contributed by atoms with Gasteiger partial charge in [0.15, 0.2) is 11.6 Å². The summed E-state index contributed by atoms with van der Waals surface area (Å²) in [5.74, 6) is -1.24. The van der Waals surface area contributed by atoms with Crippen molar-refractivity contribution in [1.29, 1.82) is 0 Å². The predicted octanol–water partition coefficient (Wildman–Crippen LogP) is 3.95. The third-order valence-corrected chi connectivity index (χ3v) is 4.39. The van der Waals surface area contributed by atoms with Crippen LogP contribution in [0, 0.1) is 5.82 Å². The Kier molecular flexibility index (Phi) is 6.56. The van der Waals surface area contributed by atoms with Crippen LogP contribution in [-0.2, 0) is 6.42 Å². The highest BCUT2D eigenvalue weighted by Crippen LogP contribution is 2.19. The molecule has 0 unspecified atom stereocenters. The number of rotatable bonds is 6. The molecule has 0 radical (unpaired) electrons. The number of halogens is 2. The number of carbonyl (C=O) groups is 2. The quantitative estimate of drug-likeness (QED) is 0.593. The number of nitrogens with zero attached hydrogens (tertiary/aromatic N) is 2. The zero-order valence-corrected chi connectivity index (χ0v) is 16.3. The number of aromatic nitrogens is 2. The van der Waals surface area contributed by atoms with Gasteiger partial charge in [-0.05, 0) is 42.8 Å². The number of hydrogen-bond acceptors (Lipinski definition) is 5. The minimum Gasteiger partial charge on any atom is -0.334 e. The summed E-state index contributed by atoms with van der Waals surface area (Å²) in [4.78, 5) is 28.5. The number of hydrazine groups is 1. The Morgan fingerprint density at radius 2 is 1.83 bits per heavy atom. The molecule has 3 rings (SSSR count). The van der Waals surface area contributed by atoms with Crippen molar-refractivity contribution in [2.24, 2.45) is 0 Å². The Hall–Kier alpha value is -3.26. The number of aryl methyl sites for hydroxylation is 1. The molecule has 1 heterocycles. The van der Waals surface area contributed by atoms with E-state index in [4.69, 9.17) is 16.1 Å². The first-order valence-corrected chi connectivity index (χ1v) is 9.35. The molecule has 0 spiro atoms. The number of nitrogens with one attached hydrogen (secondary N) is 2. The second-order valence-electron chi connectivity index (χ2n) is 6.21. The number of benzene rings is 2. The third-order valence-electron chi connectivity index (χ3n) is 4.10. The summed E-state index contributed by atoms with van der Waals surface area (Å²) >= 11 is 5.65. The molecular weight excluding hydrogens is 399 g/mol. The second-order valence-corrected chi connectivity index (χ2v) is 6.61. The van der Waals surface area contributed by atoms with Crippen LogP contribution in [0.15, 0.2) is 47.0 Å². The van der Waals surface area contributed by atoms with Crippen LogP contribution in [-0.4, -0.2) is 22.0 Å². The van der Waals surface area contributed by atoms with E-state index in [1.165, 1.54) is 18.2 Å². The van der Waals surface area contributed by atoms with Crippen LogP contribution >= 0.6 is 11.6 Å². The van der Waals surface area contributed by atoms with Gasteiger partial charge in [0.1, 0.15) is 0 Å². The van der Waals surface area contributed by atoms with Crippen molar-refractivity contribution in [1.82, 2.24) is 21.0 Å². The molecule has 2 N–H and O–H groups in total. The van der Waals surface area contributed by atoms with Gasteiger partial charge in [-0.2, -0.15) is 4.98 Å².